The third kappa shape index (κ3) is 4.11. The molecule has 0 bridgehead atoms. The van der Waals surface area contributed by atoms with Crippen LogP contribution in [0.1, 0.15) is 6.42 Å². The van der Waals surface area contributed by atoms with Crippen molar-refractivity contribution < 1.29 is 14.3 Å². The highest BCUT2D eigenvalue weighted by molar-refractivity contribution is 5.92. The molecule has 2 rings (SSSR count). The molecule has 0 aliphatic carbocycles. The molecule has 1 amide bonds. The van der Waals surface area contributed by atoms with Crippen molar-refractivity contribution in [2.24, 2.45) is 5.73 Å². The zero-order chi connectivity index (χ0) is 13.5. The molecule has 0 spiro atoms. The van der Waals surface area contributed by atoms with Gasteiger partial charge >= 0.3 is 0 Å². The van der Waals surface area contributed by atoms with Crippen LogP contribution in [0, 0.1) is 0 Å². The fourth-order valence-corrected chi connectivity index (χ4v) is 1.76. The van der Waals surface area contributed by atoms with Crippen LogP contribution in [-0.4, -0.2) is 38.8 Å². The van der Waals surface area contributed by atoms with Crippen LogP contribution in [0.25, 0.3) is 0 Å². The smallest absolute Gasteiger partial charge is 0.238 e. The molecule has 0 aromatic heterocycles. The molecule has 0 saturated carbocycles. The van der Waals surface area contributed by atoms with Gasteiger partial charge in [0.25, 0.3) is 0 Å². The molecule has 1 aliphatic rings. The Morgan fingerprint density at radius 2 is 2.05 bits per heavy atom. The van der Waals surface area contributed by atoms with E-state index in [2.05, 4.69) is 10.6 Å². The van der Waals surface area contributed by atoms with Gasteiger partial charge in [0.15, 0.2) is 11.5 Å². The highest BCUT2D eigenvalue weighted by Crippen LogP contribution is 2.32. The summed E-state index contributed by atoms with van der Waals surface area (Å²) in [6.45, 7) is 2.73. The number of ether oxygens (including phenoxy) is 2. The molecule has 1 heterocycles. The predicted octanol–water partition coefficient (Wildman–Crippen LogP) is 0.335. The van der Waals surface area contributed by atoms with Crippen molar-refractivity contribution in [2.75, 3.05) is 38.2 Å². The average Bonchev–Trinajstić information content (AvgIpc) is 2.43. The van der Waals surface area contributed by atoms with E-state index in [0.29, 0.717) is 36.9 Å². The molecule has 0 unspecified atom stereocenters. The average molecular weight is 265 g/mol. The van der Waals surface area contributed by atoms with E-state index in [1.807, 2.05) is 0 Å². The van der Waals surface area contributed by atoms with E-state index in [1.54, 1.807) is 18.2 Å². The van der Waals surface area contributed by atoms with Crippen molar-refractivity contribution in [1.29, 1.82) is 0 Å². The Balaban J connectivity index is 1.83. The number of hydrogen-bond donors (Lipinski definition) is 3. The van der Waals surface area contributed by atoms with Crippen LogP contribution in [0.5, 0.6) is 11.5 Å². The van der Waals surface area contributed by atoms with E-state index in [-0.39, 0.29) is 12.5 Å². The number of rotatable bonds is 6. The maximum Gasteiger partial charge on any atom is 0.238 e. The summed E-state index contributed by atoms with van der Waals surface area (Å²) in [6, 6.07) is 5.36. The summed E-state index contributed by atoms with van der Waals surface area (Å²) >= 11 is 0. The van der Waals surface area contributed by atoms with E-state index in [4.69, 9.17) is 15.2 Å². The first-order valence-electron chi connectivity index (χ1n) is 6.40. The largest absolute Gasteiger partial charge is 0.486 e. The fourth-order valence-electron chi connectivity index (χ4n) is 1.76. The summed E-state index contributed by atoms with van der Waals surface area (Å²) in [5, 5.41) is 5.82. The summed E-state index contributed by atoms with van der Waals surface area (Å²) in [7, 11) is 0. The second-order valence-electron chi connectivity index (χ2n) is 4.23. The topological polar surface area (TPSA) is 85.6 Å². The van der Waals surface area contributed by atoms with Gasteiger partial charge in [-0.15, -0.1) is 0 Å². The van der Waals surface area contributed by atoms with Gasteiger partial charge in [0.2, 0.25) is 5.91 Å². The van der Waals surface area contributed by atoms with Gasteiger partial charge in [-0.05, 0) is 31.6 Å². The number of nitrogens with two attached hydrogens (primary N) is 1. The van der Waals surface area contributed by atoms with E-state index >= 15 is 0 Å². The predicted molar refractivity (Wildman–Crippen MR) is 72.6 cm³/mol. The van der Waals surface area contributed by atoms with Crippen molar-refractivity contribution in [3.05, 3.63) is 18.2 Å². The zero-order valence-corrected chi connectivity index (χ0v) is 10.8. The SMILES string of the molecule is NCCCNCC(=O)Nc1ccc2c(c1)OCCO2. The summed E-state index contributed by atoms with van der Waals surface area (Å²) in [5.41, 5.74) is 6.07. The lowest BCUT2D eigenvalue weighted by molar-refractivity contribution is -0.115. The lowest BCUT2D eigenvalue weighted by atomic mass is 10.2. The quantitative estimate of drug-likeness (QED) is 0.646. The Labute approximate surface area is 112 Å². The molecule has 1 aromatic rings. The van der Waals surface area contributed by atoms with Gasteiger partial charge in [-0.25, -0.2) is 0 Å². The van der Waals surface area contributed by atoms with Crippen LogP contribution >= 0.6 is 0 Å². The molecule has 0 radical (unpaired) electrons. The highest BCUT2D eigenvalue weighted by Gasteiger charge is 2.12. The molecule has 19 heavy (non-hydrogen) atoms. The van der Waals surface area contributed by atoms with E-state index in [9.17, 15) is 4.79 Å². The minimum Gasteiger partial charge on any atom is -0.486 e. The standard InChI is InChI=1S/C13H19N3O3/c14-4-1-5-15-9-13(17)16-10-2-3-11-12(8-10)19-7-6-18-11/h2-3,8,15H,1,4-7,9,14H2,(H,16,17). The molecule has 6 heteroatoms. The molecule has 4 N–H and O–H groups in total. The Morgan fingerprint density at radius 1 is 1.26 bits per heavy atom. The Morgan fingerprint density at radius 3 is 2.84 bits per heavy atom. The monoisotopic (exact) mass is 265 g/mol. The lowest BCUT2D eigenvalue weighted by Crippen LogP contribution is -2.29. The minimum atomic E-state index is -0.0892. The van der Waals surface area contributed by atoms with Crippen LogP contribution < -0.4 is 25.8 Å². The van der Waals surface area contributed by atoms with Crippen molar-refractivity contribution >= 4 is 11.6 Å². The molecule has 0 atom stereocenters. The molecule has 0 fully saturated rings. The van der Waals surface area contributed by atoms with Crippen molar-refractivity contribution in [3.63, 3.8) is 0 Å². The van der Waals surface area contributed by atoms with Gasteiger partial charge < -0.3 is 25.8 Å². The molecular formula is C13H19N3O3. The first-order chi connectivity index (χ1) is 9.29. The maximum absolute atomic E-state index is 11.7. The van der Waals surface area contributed by atoms with Gasteiger partial charge in [0, 0.05) is 11.8 Å². The first-order valence-corrected chi connectivity index (χ1v) is 6.40. The number of carbonyl (C=O) groups excluding carboxylic acids is 1. The Kier molecular flexibility index (Phi) is 5.00. The number of anilines is 1. The third-order valence-corrected chi connectivity index (χ3v) is 2.67. The zero-order valence-electron chi connectivity index (χ0n) is 10.8. The van der Waals surface area contributed by atoms with Gasteiger partial charge in [0.1, 0.15) is 13.2 Å². The van der Waals surface area contributed by atoms with Gasteiger partial charge in [-0.3, -0.25) is 4.79 Å². The fraction of sp³-hybridized carbons (Fsp3) is 0.462. The first kappa shape index (κ1) is 13.6. The number of amides is 1. The number of fused-ring (bicyclic) bond motifs is 1. The lowest BCUT2D eigenvalue weighted by Gasteiger charge is -2.19. The Bertz CT molecular complexity index is 437. The van der Waals surface area contributed by atoms with Gasteiger partial charge in [-0.2, -0.15) is 0 Å². The second-order valence-corrected chi connectivity index (χ2v) is 4.23. The van der Waals surface area contributed by atoms with Crippen molar-refractivity contribution in [1.82, 2.24) is 5.32 Å². The van der Waals surface area contributed by atoms with E-state index in [1.165, 1.54) is 0 Å². The summed E-state index contributed by atoms with van der Waals surface area (Å²) < 4.78 is 10.9. The van der Waals surface area contributed by atoms with E-state index < -0.39 is 0 Å². The van der Waals surface area contributed by atoms with Crippen molar-refractivity contribution in [2.45, 2.75) is 6.42 Å². The molecule has 6 nitrogen and oxygen atoms in total. The van der Waals surface area contributed by atoms with Gasteiger partial charge in [-0.1, -0.05) is 0 Å². The Hall–Kier alpha value is -1.79. The normalized spacial score (nSPS) is 13.1. The third-order valence-electron chi connectivity index (χ3n) is 2.67. The van der Waals surface area contributed by atoms with Crippen LogP contribution in [0.3, 0.4) is 0 Å². The number of carbonyl (C=O) groups is 1. The van der Waals surface area contributed by atoms with Gasteiger partial charge in [0.05, 0.1) is 6.54 Å². The highest BCUT2D eigenvalue weighted by atomic mass is 16.6. The molecule has 1 aliphatic heterocycles. The summed E-state index contributed by atoms with van der Waals surface area (Å²) in [5.74, 6) is 1.29. The molecule has 0 saturated heterocycles. The summed E-state index contributed by atoms with van der Waals surface area (Å²) in [6.07, 6.45) is 0.858. The summed E-state index contributed by atoms with van der Waals surface area (Å²) in [4.78, 5) is 11.7. The second kappa shape index (κ2) is 6.96. The number of benzene rings is 1. The number of nitrogens with one attached hydrogen (secondary N) is 2. The van der Waals surface area contributed by atoms with Crippen LogP contribution in [0.4, 0.5) is 5.69 Å². The van der Waals surface area contributed by atoms with Crippen molar-refractivity contribution in [3.8, 4) is 11.5 Å². The molecule has 104 valence electrons. The maximum atomic E-state index is 11.7. The van der Waals surface area contributed by atoms with Crippen LogP contribution in [-0.2, 0) is 4.79 Å². The molecule has 1 aromatic carbocycles. The van der Waals surface area contributed by atoms with E-state index in [0.717, 1.165) is 13.0 Å². The minimum absolute atomic E-state index is 0.0892. The molecular weight excluding hydrogens is 246 g/mol. The number of hydrogen-bond acceptors (Lipinski definition) is 5. The van der Waals surface area contributed by atoms with Crippen LogP contribution in [0.15, 0.2) is 18.2 Å². The van der Waals surface area contributed by atoms with Crippen LogP contribution in [0.2, 0.25) is 0 Å².